The Morgan fingerprint density at radius 1 is 1.62 bits per heavy atom. The number of fused-ring (bicyclic) bond motifs is 1. The van der Waals surface area contributed by atoms with Crippen molar-refractivity contribution in [2.24, 2.45) is 17.3 Å². The molecule has 2 aliphatic carbocycles. The zero-order valence-electron chi connectivity index (χ0n) is 7.58. The zero-order chi connectivity index (χ0) is 9.64. The van der Waals surface area contributed by atoms with Crippen molar-refractivity contribution in [2.75, 3.05) is 0 Å². The highest BCUT2D eigenvalue weighted by Gasteiger charge is 2.56. The standard InChI is InChI=1S/C10H12O3/c1-10-3-6(10)2-7(8(12)4-10)9(13)5-11/h5-7H,2-4H2,1H3. The van der Waals surface area contributed by atoms with Gasteiger partial charge in [-0.3, -0.25) is 14.4 Å². The zero-order valence-corrected chi connectivity index (χ0v) is 7.58. The average molecular weight is 180 g/mol. The lowest BCUT2D eigenvalue weighted by Gasteiger charge is -2.21. The highest BCUT2D eigenvalue weighted by molar-refractivity contribution is 6.31. The Balaban J connectivity index is 2.12. The summed E-state index contributed by atoms with van der Waals surface area (Å²) in [5, 5.41) is 0. The van der Waals surface area contributed by atoms with E-state index in [-0.39, 0.29) is 17.5 Å². The van der Waals surface area contributed by atoms with E-state index in [0.29, 0.717) is 18.8 Å². The first-order chi connectivity index (χ1) is 6.07. The molecule has 3 atom stereocenters. The summed E-state index contributed by atoms with van der Waals surface area (Å²) in [6.07, 6.45) is 2.42. The van der Waals surface area contributed by atoms with E-state index < -0.39 is 11.7 Å². The summed E-state index contributed by atoms with van der Waals surface area (Å²) in [4.78, 5) is 32.8. The van der Waals surface area contributed by atoms with Crippen LogP contribution in [-0.4, -0.2) is 17.9 Å². The molecular formula is C10H12O3. The topological polar surface area (TPSA) is 51.2 Å². The molecule has 70 valence electrons. The molecule has 2 saturated carbocycles. The Labute approximate surface area is 76.5 Å². The van der Waals surface area contributed by atoms with Crippen molar-refractivity contribution in [3.05, 3.63) is 0 Å². The van der Waals surface area contributed by atoms with Gasteiger partial charge in [-0.2, -0.15) is 0 Å². The summed E-state index contributed by atoms with van der Waals surface area (Å²) in [6.45, 7) is 2.08. The van der Waals surface area contributed by atoms with Gasteiger partial charge in [0.15, 0.2) is 6.29 Å². The third-order valence-electron chi connectivity index (χ3n) is 3.48. The fourth-order valence-electron chi connectivity index (χ4n) is 2.38. The molecule has 13 heavy (non-hydrogen) atoms. The maximum absolute atomic E-state index is 11.5. The van der Waals surface area contributed by atoms with Crippen LogP contribution in [0.1, 0.15) is 26.2 Å². The minimum Gasteiger partial charge on any atom is -0.299 e. The summed E-state index contributed by atoms with van der Waals surface area (Å²) in [6, 6.07) is 0. The van der Waals surface area contributed by atoms with Gasteiger partial charge in [-0.1, -0.05) is 6.92 Å². The molecular weight excluding hydrogens is 168 g/mol. The number of hydrogen-bond donors (Lipinski definition) is 0. The van der Waals surface area contributed by atoms with Crippen molar-refractivity contribution in [2.45, 2.75) is 26.2 Å². The third-order valence-corrected chi connectivity index (χ3v) is 3.48. The van der Waals surface area contributed by atoms with Gasteiger partial charge in [-0.15, -0.1) is 0 Å². The Hall–Kier alpha value is -0.990. The van der Waals surface area contributed by atoms with Crippen LogP contribution in [0.15, 0.2) is 0 Å². The van der Waals surface area contributed by atoms with Crippen LogP contribution < -0.4 is 0 Å². The molecule has 0 aromatic carbocycles. The van der Waals surface area contributed by atoms with Crippen LogP contribution in [0.25, 0.3) is 0 Å². The van der Waals surface area contributed by atoms with Gasteiger partial charge in [-0.25, -0.2) is 0 Å². The maximum atomic E-state index is 11.5. The van der Waals surface area contributed by atoms with Crippen LogP contribution in [0, 0.1) is 17.3 Å². The predicted molar refractivity (Wildman–Crippen MR) is 45.0 cm³/mol. The average Bonchev–Trinajstić information content (AvgIpc) is 2.72. The van der Waals surface area contributed by atoms with Crippen molar-refractivity contribution >= 4 is 17.9 Å². The van der Waals surface area contributed by atoms with Gasteiger partial charge < -0.3 is 0 Å². The van der Waals surface area contributed by atoms with E-state index in [0.717, 1.165) is 6.42 Å². The summed E-state index contributed by atoms with van der Waals surface area (Å²) in [5.74, 6) is -0.676. The van der Waals surface area contributed by atoms with Crippen molar-refractivity contribution in [1.29, 1.82) is 0 Å². The molecule has 0 bridgehead atoms. The summed E-state index contributed by atoms with van der Waals surface area (Å²) < 4.78 is 0. The Morgan fingerprint density at radius 2 is 2.31 bits per heavy atom. The molecule has 3 nitrogen and oxygen atoms in total. The Bertz CT molecular complexity index is 295. The van der Waals surface area contributed by atoms with Crippen LogP contribution in [0.4, 0.5) is 0 Å². The molecule has 0 aromatic heterocycles. The fourth-order valence-corrected chi connectivity index (χ4v) is 2.38. The lowest BCUT2D eigenvalue weighted by molar-refractivity contribution is -0.139. The smallest absolute Gasteiger partial charge is 0.205 e. The number of hydrogen-bond acceptors (Lipinski definition) is 3. The van der Waals surface area contributed by atoms with Crippen LogP contribution in [0.5, 0.6) is 0 Å². The van der Waals surface area contributed by atoms with E-state index in [1.54, 1.807) is 0 Å². The Kier molecular flexibility index (Phi) is 1.65. The normalized spacial score (nSPS) is 42.4. The number of ketones is 2. The minimum absolute atomic E-state index is 0.0339. The number of Topliss-reactive ketones (excluding diaryl/α,β-unsaturated/α-hetero) is 2. The molecule has 2 aliphatic rings. The van der Waals surface area contributed by atoms with Crippen LogP contribution in [-0.2, 0) is 14.4 Å². The second-order valence-electron chi connectivity index (χ2n) is 4.51. The molecule has 0 amide bonds. The van der Waals surface area contributed by atoms with E-state index in [9.17, 15) is 14.4 Å². The molecule has 0 spiro atoms. The first kappa shape index (κ1) is 8.60. The fraction of sp³-hybridized carbons (Fsp3) is 0.700. The second-order valence-corrected chi connectivity index (χ2v) is 4.51. The number of aldehydes is 1. The molecule has 0 saturated heterocycles. The highest BCUT2D eigenvalue weighted by Crippen LogP contribution is 2.61. The molecule has 0 radical (unpaired) electrons. The number of rotatable bonds is 2. The maximum Gasteiger partial charge on any atom is 0.205 e. The molecule has 0 aromatic rings. The molecule has 2 fully saturated rings. The lowest BCUT2D eigenvalue weighted by atomic mass is 9.80. The number of carbonyl (C=O) groups is 3. The molecule has 2 rings (SSSR count). The van der Waals surface area contributed by atoms with Crippen molar-refractivity contribution in [1.82, 2.24) is 0 Å². The van der Waals surface area contributed by atoms with E-state index >= 15 is 0 Å². The van der Waals surface area contributed by atoms with Gasteiger partial charge in [0, 0.05) is 6.42 Å². The van der Waals surface area contributed by atoms with Gasteiger partial charge in [0.2, 0.25) is 5.78 Å². The summed E-state index contributed by atoms with van der Waals surface area (Å²) in [5.41, 5.74) is 0.163. The second kappa shape index (κ2) is 2.50. The lowest BCUT2D eigenvalue weighted by Crippen LogP contribution is -2.31. The quantitative estimate of drug-likeness (QED) is 0.358. The van der Waals surface area contributed by atoms with Crippen molar-refractivity contribution < 1.29 is 14.4 Å². The van der Waals surface area contributed by atoms with Gasteiger partial charge in [0.05, 0.1) is 5.92 Å². The van der Waals surface area contributed by atoms with Crippen molar-refractivity contribution in [3.8, 4) is 0 Å². The third kappa shape index (κ3) is 1.23. The molecule has 0 N–H and O–H groups in total. The minimum atomic E-state index is -0.613. The highest BCUT2D eigenvalue weighted by atomic mass is 16.2. The molecule has 3 heteroatoms. The SMILES string of the molecule is CC12CC(=O)C(C(=O)C=O)CC1C2. The summed E-state index contributed by atoms with van der Waals surface area (Å²) >= 11 is 0. The predicted octanol–water partition coefficient (Wildman–Crippen LogP) is 0.760. The van der Waals surface area contributed by atoms with E-state index in [4.69, 9.17) is 0 Å². The van der Waals surface area contributed by atoms with Crippen molar-refractivity contribution in [3.63, 3.8) is 0 Å². The van der Waals surface area contributed by atoms with Crippen LogP contribution in [0.3, 0.4) is 0 Å². The van der Waals surface area contributed by atoms with Crippen LogP contribution in [0.2, 0.25) is 0 Å². The number of carbonyl (C=O) groups excluding carboxylic acids is 3. The van der Waals surface area contributed by atoms with Gasteiger partial charge in [-0.05, 0) is 24.2 Å². The van der Waals surface area contributed by atoms with E-state index in [1.165, 1.54) is 0 Å². The van der Waals surface area contributed by atoms with Gasteiger partial charge in [0.25, 0.3) is 0 Å². The summed E-state index contributed by atoms with van der Waals surface area (Å²) in [7, 11) is 0. The van der Waals surface area contributed by atoms with Crippen LogP contribution >= 0.6 is 0 Å². The monoisotopic (exact) mass is 180 g/mol. The Morgan fingerprint density at radius 3 is 2.92 bits per heavy atom. The van der Waals surface area contributed by atoms with E-state index in [2.05, 4.69) is 6.92 Å². The molecule has 0 heterocycles. The largest absolute Gasteiger partial charge is 0.299 e. The van der Waals surface area contributed by atoms with Gasteiger partial charge >= 0.3 is 0 Å². The first-order valence-corrected chi connectivity index (χ1v) is 4.58. The van der Waals surface area contributed by atoms with Gasteiger partial charge in [0.1, 0.15) is 5.78 Å². The molecule has 3 unspecified atom stereocenters. The van der Waals surface area contributed by atoms with E-state index in [1.807, 2.05) is 0 Å². The molecule has 0 aliphatic heterocycles. The first-order valence-electron chi connectivity index (χ1n) is 4.58.